The van der Waals surface area contributed by atoms with Gasteiger partial charge in [0.2, 0.25) is 0 Å². The number of para-hydroxylation sites is 2. The molecule has 2 N–H and O–H groups in total. The molecule has 2 unspecified atom stereocenters. The minimum absolute atomic E-state index is 0.0324. The number of anilines is 1. The Balaban J connectivity index is 1.89. The third-order valence-corrected chi connectivity index (χ3v) is 4.26. The quantitative estimate of drug-likeness (QED) is 0.826. The molecule has 1 fully saturated rings. The predicted molar refractivity (Wildman–Crippen MR) is 91.6 cm³/mol. The average Bonchev–Trinajstić information content (AvgIpc) is 3.02. The van der Waals surface area contributed by atoms with Crippen LogP contribution in [0.25, 0.3) is 0 Å². The fourth-order valence-electron chi connectivity index (χ4n) is 2.84. The minimum Gasteiger partial charge on any atom is -0.495 e. The van der Waals surface area contributed by atoms with Crippen LogP contribution in [0.4, 0.5) is 10.5 Å². The van der Waals surface area contributed by atoms with Gasteiger partial charge in [-0.1, -0.05) is 19.1 Å². The van der Waals surface area contributed by atoms with E-state index in [1.165, 1.54) is 4.90 Å². The molecule has 1 aliphatic heterocycles. The van der Waals surface area contributed by atoms with Crippen molar-refractivity contribution in [1.29, 1.82) is 0 Å². The zero-order valence-corrected chi connectivity index (χ0v) is 14.4. The second-order valence-electron chi connectivity index (χ2n) is 6.17. The summed E-state index contributed by atoms with van der Waals surface area (Å²) in [6.07, 6.45) is 0.839. The van der Waals surface area contributed by atoms with E-state index in [4.69, 9.17) is 9.84 Å². The summed E-state index contributed by atoms with van der Waals surface area (Å²) in [5, 5.41) is 11.9. The number of nitrogens with zero attached hydrogens (tertiary/aromatic N) is 2. The van der Waals surface area contributed by atoms with Gasteiger partial charge in [0.15, 0.2) is 0 Å². The van der Waals surface area contributed by atoms with Crippen molar-refractivity contribution in [3.63, 3.8) is 0 Å². The van der Waals surface area contributed by atoms with Crippen LogP contribution in [0.1, 0.15) is 13.3 Å². The van der Waals surface area contributed by atoms with Gasteiger partial charge in [-0.15, -0.1) is 0 Å². The largest absolute Gasteiger partial charge is 0.495 e. The molecule has 7 heteroatoms. The Hall–Kier alpha value is -2.44. The van der Waals surface area contributed by atoms with E-state index >= 15 is 0 Å². The zero-order chi connectivity index (χ0) is 17.7. The van der Waals surface area contributed by atoms with Crippen molar-refractivity contribution < 1.29 is 19.4 Å². The summed E-state index contributed by atoms with van der Waals surface area (Å²) in [5.41, 5.74) is 1.02. The number of urea groups is 1. The summed E-state index contributed by atoms with van der Waals surface area (Å²) in [4.78, 5) is 26.7. The monoisotopic (exact) mass is 335 g/mol. The summed E-state index contributed by atoms with van der Waals surface area (Å²) in [7, 11) is 3.26. The zero-order valence-electron chi connectivity index (χ0n) is 14.4. The lowest BCUT2D eigenvalue weighted by molar-refractivity contribution is -0.141. The van der Waals surface area contributed by atoms with E-state index in [-0.39, 0.29) is 18.6 Å². The van der Waals surface area contributed by atoms with Gasteiger partial charge in [-0.3, -0.25) is 4.79 Å². The number of rotatable bonds is 6. The first-order valence-corrected chi connectivity index (χ1v) is 8.04. The topological polar surface area (TPSA) is 82.1 Å². The molecule has 0 bridgehead atoms. The van der Waals surface area contributed by atoms with Crippen molar-refractivity contribution in [2.24, 2.45) is 5.92 Å². The van der Waals surface area contributed by atoms with Crippen LogP contribution >= 0.6 is 0 Å². The van der Waals surface area contributed by atoms with E-state index in [1.807, 2.05) is 24.3 Å². The van der Waals surface area contributed by atoms with Crippen LogP contribution in [-0.4, -0.2) is 61.8 Å². The summed E-state index contributed by atoms with van der Waals surface area (Å²) in [5.74, 6) is -0.677. The van der Waals surface area contributed by atoms with E-state index in [1.54, 1.807) is 21.1 Å². The first kappa shape index (κ1) is 17.9. The number of nitrogens with one attached hydrogen (secondary N) is 1. The molecule has 0 aliphatic carbocycles. The van der Waals surface area contributed by atoms with Crippen LogP contribution in [0.5, 0.6) is 5.75 Å². The molecule has 0 radical (unpaired) electrons. The number of aliphatic carboxylic acids is 1. The fourth-order valence-corrected chi connectivity index (χ4v) is 2.84. The highest BCUT2D eigenvalue weighted by Crippen LogP contribution is 2.30. The number of carbonyl (C=O) groups excluding carboxylic acids is 1. The molecule has 1 aromatic rings. The standard InChI is InChI=1S/C17H25N3O4/c1-12(16(21)22)10-19(2)17(23)18-13-8-9-20(11-13)14-6-4-5-7-15(14)24-3/h4-7,12-13H,8-11H2,1-3H3,(H,18,23)(H,21,22). The fraction of sp³-hybridized carbons (Fsp3) is 0.529. The van der Waals surface area contributed by atoms with Gasteiger partial charge in [0.05, 0.1) is 18.7 Å². The van der Waals surface area contributed by atoms with Crippen LogP contribution in [0.2, 0.25) is 0 Å². The maximum Gasteiger partial charge on any atom is 0.317 e. The van der Waals surface area contributed by atoms with E-state index < -0.39 is 11.9 Å². The van der Waals surface area contributed by atoms with Crippen LogP contribution in [0.15, 0.2) is 24.3 Å². The molecular weight excluding hydrogens is 310 g/mol. The summed E-state index contributed by atoms with van der Waals surface area (Å²) in [6.45, 7) is 3.31. The Bertz CT molecular complexity index is 593. The third kappa shape index (κ3) is 4.31. The Kier molecular flexibility index (Phi) is 5.89. The van der Waals surface area contributed by atoms with Gasteiger partial charge in [0, 0.05) is 32.7 Å². The van der Waals surface area contributed by atoms with Crippen LogP contribution in [0.3, 0.4) is 0 Å². The number of carbonyl (C=O) groups is 2. The maximum atomic E-state index is 12.2. The lowest BCUT2D eigenvalue weighted by Crippen LogP contribution is -2.46. The molecule has 0 aromatic heterocycles. The molecule has 2 rings (SSSR count). The number of hydrogen-bond acceptors (Lipinski definition) is 4. The minimum atomic E-state index is -0.905. The molecule has 2 atom stereocenters. The molecule has 2 amide bonds. The summed E-state index contributed by atoms with van der Waals surface area (Å²) >= 11 is 0. The van der Waals surface area contributed by atoms with Gasteiger partial charge < -0.3 is 25.0 Å². The number of benzene rings is 1. The first-order chi connectivity index (χ1) is 11.4. The van der Waals surface area contributed by atoms with Gasteiger partial charge >= 0.3 is 12.0 Å². The van der Waals surface area contributed by atoms with Gasteiger partial charge in [0.25, 0.3) is 0 Å². The third-order valence-electron chi connectivity index (χ3n) is 4.26. The molecule has 0 spiro atoms. The predicted octanol–water partition coefficient (Wildman–Crippen LogP) is 1.64. The molecule has 132 valence electrons. The molecule has 0 saturated carbocycles. The van der Waals surface area contributed by atoms with Crippen molar-refractivity contribution in [2.75, 3.05) is 38.7 Å². The Morgan fingerprint density at radius 2 is 2.17 bits per heavy atom. The molecular formula is C17H25N3O4. The maximum absolute atomic E-state index is 12.2. The van der Waals surface area contributed by atoms with Crippen molar-refractivity contribution in [3.8, 4) is 5.75 Å². The van der Waals surface area contributed by atoms with Crippen LogP contribution in [-0.2, 0) is 4.79 Å². The summed E-state index contributed by atoms with van der Waals surface area (Å²) < 4.78 is 5.39. The van der Waals surface area contributed by atoms with Crippen molar-refractivity contribution in [1.82, 2.24) is 10.2 Å². The second-order valence-corrected chi connectivity index (χ2v) is 6.17. The number of amides is 2. The molecule has 7 nitrogen and oxygen atoms in total. The Morgan fingerprint density at radius 1 is 1.46 bits per heavy atom. The van der Waals surface area contributed by atoms with Crippen LogP contribution < -0.4 is 15.0 Å². The highest BCUT2D eigenvalue weighted by Gasteiger charge is 2.27. The number of hydrogen-bond donors (Lipinski definition) is 2. The normalized spacial score (nSPS) is 18.1. The average molecular weight is 335 g/mol. The summed E-state index contributed by atoms with van der Waals surface area (Å²) in [6, 6.07) is 7.60. The van der Waals surface area contributed by atoms with Gasteiger partial charge in [-0.25, -0.2) is 4.79 Å². The lowest BCUT2D eigenvalue weighted by atomic mass is 10.2. The van der Waals surface area contributed by atoms with Crippen molar-refractivity contribution in [2.45, 2.75) is 19.4 Å². The Morgan fingerprint density at radius 3 is 2.83 bits per heavy atom. The second kappa shape index (κ2) is 7.90. The number of methoxy groups -OCH3 is 1. The van der Waals surface area contributed by atoms with Gasteiger partial charge in [-0.05, 0) is 18.6 Å². The van der Waals surface area contributed by atoms with E-state index in [2.05, 4.69) is 10.2 Å². The highest BCUT2D eigenvalue weighted by molar-refractivity contribution is 5.76. The molecule has 24 heavy (non-hydrogen) atoms. The van der Waals surface area contributed by atoms with Crippen molar-refractivity contribution in [3.05, 3.63) is 24.3 Å². The van der Waals surface area contributed by atoms with Crippen molar-refractivity contribution >= 4 is 17.7 Å². The molecule has 1 saturated heterocycles. The number of carboxylic acids is 1. The Labute approximate surface area is 142 Å². The van der Waals surface area contributed by atoms with E-state index in [9.17, 15) is 9.59 Å². The highest BCUT2D eigenvalue weighted by atomic mass is 16.5. The van der Waals surface area contributed by atoms with Gasteiger partial charge in [0.1, 0.15) is 5.75 Å². The molecule has 1 heterocycles. The van der Waals surface area contributed by atoms with Gasteiger partial charge in [-0.2, -0.15) is 0 Å². The van der Waals surface area contributed by atoms with E-state index in [0.717, 1.165) is 24.4 Å². The van der Waals surface area contributed by atoms with Crippen LogP contribution in [0, 0.1) is 5.92 Å². The number of ether oxygens (including phenoxy) is 1. The van der Waals surface area contributed by atoms with E-state index in [0.29, 0.717) is 6.54 Å². The SMILES string of the molecule is COc1ccccc1N1CCC(NC(=O)N(C)CC(C)C(=O)O)C1. The molecule has 1 aliphatic rings. The lowest BCUT2D eigenvalue weighted by Gasteiger charge is -2.24. The smallest absolute Gasteiger partial charge is 0.317 e. The molecule has 1 aromatic carbocycles. The number of carboxylic acid groups (broad SMARTS) is 1. The first-order valence-electron chi connectivity index (χ1n) is 8.04.